The Labute approximate surface area is 81.6 Å². The molecule has 0 aliphatic rings. The number of hydrogen-bond donors (Lipinski definition) is 0. The fraction of sp³-hybridized carbons (Fsp3) is 0. The second kappa shape index (κ2) is 28.6. The zero-order valence-corrected chi connectivity index (χ0v) is 12.3. The van der Waals surface area contributed by atoms with E-state index in [4.69, 9.17) is 0 Å². The predicted molar refractivity (Wildman–Crippen MR) is 33.7 cm³/mol. The summed E-state index contributed by atoms with van der Waals surface area (Å²) < 4.78 is 0. The monoisotopic (exact) mass is 403 g/mol. The van der Waals surface area contributed by atoms with Gasteiger partial charge in [0.05, 0.1) is 0 Å². The molecule has 0 rings (SSSR count). The Morgan fingerprint density at radius 2 is 0.800 bits per heavy atom. The van der Waals surface area contributed by atoms with Crippen LogP contribution in [0.2, 0.25) is 0 Å². The zero-order valence-electron chi connectivity index (χ0n) is 2.76. The minimum atomic E-state index is 0. The quantitative estimate of drug-likeness (QED) is 0.373. The van der Waals surface area contributed by atoms with Gasteiger partial charge in [-0.3, -0.25) is 0 Å². The first kappa shape index (κ1) is 44.9. The normalized spacial score (nSPS) is 0. The van der Waals surface area contributed by atoms with Gasteiger partial charge in [-0.15, -0.1) is 0 Å². The molecule has 2 unspecified atom stereocenters. The Bertz CT molecular complexity index is 9.61. The Morgan fingerprint density at radius 1 is 0.800 bits per heavy atom. The maximum absolute atomic E-state index is 0. The van der Waals surface area contributed by atoms with Gasteiger partial charge >= 0.3 is 0 Å². The summed E-state index contributed by atoms with van der Waals surface area (Å²) >= 11 is 0. The maximum Gasteiger partial charge on any atom is 0 e. The Hall–Kier alpha value is 2.89. The van der Waals surface area contributed by atoms with Gasteiger partial charge in [-0.25, -0.2) is 0 Å². The third kappa shape index (κ3) is 19.7. The smallest absolute Gasteiger partial charge is 0 e. The summed E-state index contributed by atoms with van der Waals surface area (Å²) in [6.45, 7) is 0. The van der Waals surface area contributed by atoms with Crippen LogP contribution in [0.3, 0.4) is 0 Å². The fourth-order valence-corrected chi connectivity index (χ4v) is 0. The molecule has 0 aliphatic carbocycles. The summed E-state index contributed by atoms with van der Waals surface area (Å²) in [4.78, 5) is 0. The van der Waals surface area contributed by atoms with Gasteiger partial charge in [-0.1, -0.05) is 0 Å². The van der Waals surface area contributed by atoms with E-state index >= 15 is 0 Å². The summed E-state index contributed by atoms with van der Waals surface area (Å²) in [5, 5.41) is 0. The standard InChI is InChI=1S/As.Bi.2H3P.V/h;;2*1H3;. The molecule has 0 aromatic heterocycles. The van der Waals surface area contributed by atoms with Gasteiger partial charge in [-0.05, 0) is 0 Å². The first-order valence-corrected chi connectivity index (χ1v) is 0. The fourth-order valence-electron chi connectivity index (χ4n) is 0. The van der Waals surface area contributed by atoms with Gasteiger partial charge in [0.1, 0.15) is 0 Å². The van der Waals surface area contributed by atoms with Crippen LogP contribution in [0.1, 0.15) is 0 Å². The van der Waals surface area contributed by atoms with Crippen LogP contribution in [0.15, 0.2) is 0 Å². The van der Waals surface area contributed by atoms with Crippen LogP contribution in [-0.4, -0.2) is 44.2 Å². The van der Waals surface area contributed by atoms with Crippen LogP contribution >= 0.6 is 19.8 Å². The average molecular weight is 403 g/mol. The molecule has 0 saturated carbocycles. The molecule has 0 aliphatic heterocycles. The molecular formula is H6AsBiP2V. The molecule has 0 spiro atoms. The van der Waals surface area contributed by atoms with Crippen molar-refractivity contribution in [3.8, 4) is 0 Å². The molecule has 5 heavy (non-hydrogen) atoms. The van der Waals surface area contributed by atoms with Crippen molar-refractivity contribution in [1.29, 1.82) is 0 Å². The first-order valence-electron chi connectivity index (χ1n) is 0. The van der Waals surface area contributed by atoms with Crippen LogP contribution in [-0.2, 0) is 18.6 Å². The molecule has 5 heteroatoms. The minimum absolute atomic E-state index is 0. The van der Waals surface area contributed by atoms with E-state index in [0.29, 0.717) is 0 Å². The summed E-state index contributed by atoms with van der Waals surface area (Å²) in [5.74, 6) is 0. The van der Waals surface area contributed by atoms with Crippen molar-refractivity contribution in [2.75, 3.05) is 0 Å². The minimum Gasteiger partial charge on any atom is -0.153 e. The van der Waals surface area contributed by atoms with Crippen LogP contribution < -0.4 is 0 Å². The van der Waals surface area contributed by atoms with Crippen molar-refractivity contribution in [3.63, 3.8) is 0 Å². The maximum atomic E-state index is 0. The van der Waals surface area contributed by atoms with E-state index in [-0.39, 0.29) is 82.5 Å². The van der Waals surface area contributed by atoms with Gasteiger partial charge < -0.3 is 0 Å². The Kier molecular flexibility index (Phi) is 257. The van der Waals surface area contributed by atoms with Gasteiger partial charge in [0.25, 0.3) is 0 Å². The largest absolute Gasteiger partial charge is 0.153 e. The van der Waals surface area contributed by atoms with Crippen molar-refractivity contribution in [2.24, 2.45) is 0 Å². The van der Waals surface area contributed by atoms with Gasteiger partial charge in [0.15, 0.2) is 0 Å². The summed E-state index contributed by atoms with van der Waals surface area (Å²) in [6.07, 6.45) is 0. The zero-order chi connectivity index (χ0) is 0. The van der Waals surface area contributed by atoms with E-state index in [0.717, 1.165) is 0 Å². The summed E-state index contributed by atoms with van der Waals surface area (Å²) in [6, 6.07) is 0. The number of rotatable bonds is 0. The summed E-state index contributed by atoms with van der Waals surface area (Å²) in [5.41, 5.74) is 0. The molecule has 0 N–H and O–H groups in total. The molecule has 0 aromatic carbocycles. The van der Waals surface area contributed by atoms with E-state index in [1.54, 1.807) is 0 Å². The first-order chi connectivity index (χ1) is 0. The van der Waals surface area contributed by atoms with Gasteiger partial charge in [0, 0.05) is 62.7 Å². The van der Waals surface area contributed by atoms with Crippen molar-refractivity contribution in [2.45, 2.75) is 0 Å². The molecule has 7 radical (unpaired) electrons. The van der Waals surface area contributed by atoms with Gasteiger partial charge in [0.2, 0.25) is 0 Å². The molecule has 0 aromatic rings. The molecule has 0 nitrogen and oxygen atoms in total. The Morgan fingerprint density at radius 3 is 0.800 bits per heavy atom. The van der Waals surface area contributed by atoms with Crippen LogP contribution in [0.25, 0.3) is 0 Å². The van der Waals surface area contributed by atoms with Gasteiger partial charge in [-0.2, -0.15) is 19.8 Å². The van der Waals surface area contributed by atoms with E-state index in [1.807, 2.05) is 0 Å². The molecule has 2 atom stereocenters. The van der Waals surface area contributed by atoms with E-state index < -0.39 is 0 Å². The second-order valence-electron chi connectivity index (χ2n) is 0. The molecule has 31 valence electrons. The van der Waals surface area contributed by atoms with Crippen LogP contribution in [0.5, 0.6) is 0 Å². The third-order valence-corrected chi connectivity index (χ3v) is 0. The van der Waals surface area contributed by atoms with E-state index in [1.165, 1.54) is 0 Å². The number of hydrogen-bond acceptors (Lipinski definition) is 0. The topological polar surface area (TPSA) is 0 Å². The van der Waals surface area contributed by atoms with Crippen molar-refractivity contribution < 1.29 is 18.6 Å². The van der Waals surface area contributed by atoms with Crippen LogP contribution in [0.4, 0.5) is 0 Å². The third-order valence-electron chi connectivity index (χ3n) is 0. The second-order valence-corrected chi connectivity index (χ2v) is 0. The molecular weight excluding hydrogens is 397 g/mol. The Balaban J connectivity index is 0. The summed E-state index contributed by atoms with van der Waals surface area (Å²) in [7, 11) is 0. The molecule has 0 heterocycles. The predicted octanol–water partition coefficient (Wildman–Crippen LogP) is -0.648. The van der Waals surface area contributed by atoms with Crippen molar-refractivity contribution >= 4 is 64.0 Å². The van der Waals surface area contributed by atoms with E-state index in [9.17, 15) is 0 Å². The average Bonchev–Trinajstić information content (AvgIpc) is 0. The van der Waals surface area contributed by atoms with Crippen LogP contribution in [0, 0.1) is 0 Å². The SMILES string of the molecule is P.P.[As].[Bi].[V]. The molecule has 0 bridgehead atoms. The molecule has 0 fully saturated rings. The van der Waals surface area contributed by atoms with E-state index in [2.05, 4.69) is 0 Å². The van der Waals surface area contributed by atoms with Crippen molar-refractivity contribution in [1.82, 2.24) is 0 Å². The molecule has 0 amide bonds. The van der Waals surface area contributed by atoms with Crippen molar-refractivity contribution in [3.05, 3.63) is 0 Å². The molecule has 0 saturated heterocycles.